The number of fused-ring (bicyclic) bond motifs is 1. The second kappa shape index (κ2) is 12.9. The molecule has 2 N–H and O–H groups in total. The van der Waals surface area contributed by atoms with E-state index in [1.165, 1.54) is 7.05 Å². The smallest absolute Gasteiger partial charge is 0.389 e. The lowest BCUT2D eigenvalue weighted by Gasteiger charge is -2.20. The monoisotopic (exact) mass is 595 g/mol. The van der Waals surface area contributed by atoms with E-state index in [-0.39, 0.29) is 28.6 Å². The van der Waals surface area contributed by atoms with Crippen LogP contribution in [-0.2, 0) is 6.42 Å². The van der Waals surface area contributed by atoms with Crippen molar-refractivity contribution < 1.29 is 31.9 Å². The third kappa shape index (κ3) is 7.94. The Hall–Kier alpha value is -4.34. The van der Waals surface area contributed by atoms with E-state index in [4.69, 9.17) is 9.15 Å². The Morgan fingerprint density at radius 3 is 2.33 bits per heavy atom. The van der Waals surface area contributed by atoms with Crippen molar-refractivity contribution in [3.8, 4) is 28.2 Å². The summed E-state index contributed by atoms with van der Waals surface area (Å²) in [5.74, 6) is 0.143. The van der Waals surface area contributed by atoms with Gasteiger partial charge >= 0.3 is 6.18 Å². The first-order valence-corrected chi connectivity index (χ1v) is 14.2. The molecule has 10 heteroatoms. The summed E-state index contributed by atoms with van der Waals surface area (Å²) < 4.78 is 51.8. The van der Waals surface area contributed by atoms with E-state index in [0.717, 1.165) is 12.8 Å². The number of hydrogen-bond acceptors (Lipinski definition) is 5. The van der Waals surface area contributed by atoms with Gasteiger partial charge in [0.1, 0.15) is 11.5 Å². The van der Waals surface area contributed by atoms with Gasteiger partial charge in [0.2, 0.25) is 5.71 Å². The molecule has 2 amide bonds. The number of carbonyl (C=O) groups is 2. The van der Waals surface area contributed by atoms with E-state index in [1.54, 1.807) is 54.6 Å². The third-order valence-electron chi connectivity index (χ3n) is 6.67. The van der Waals surface area contributed by atoms with E-state index in [2.05, 4.69) is 22.5 Å². The highest BCUT2D eigenvalue weighted by atomic mass is 19.4. The SMILES string of the molecule is CCCCOc1ccc(-c2oc3nc(CCC(F)(F)F)c(-c4cccc(C(=O)NC(C)(C)C)c4)cc3c2C(=O)NC)cc1. The van der Waals surface area contributed by atoms with Gasteiger partial charge in [-0.3, -0.25) is 9.59 Å². The standard InChI is InChI=1S/C33H36F3N3O4/c1-6-7-17-42-23-13-11-20(12-14-23)28-27(30(41)37-5)25-19-24(26(38-31(25)43-28)15-16-33(34,35)36)21-9-8-10-22(18-21)29(40)39-32(2,3)4/h8-14,18-19H,6-7,15-17H2,1-5H3,(H,37,41)(H,39,40). The van der Waals surface area contributed by atoms with Crippen molar-refractivity contribution >= 4 is 22.9 Å². The number of aromatic nitrogens is 1. The highest BCUT2D eigenvalue weighted by Gasteiger charge is 2.29. The van der Waals surface area contributed by atoms with Crippen molar-refractivity contribution in [3.05, 3.63) is 71.4 Å². The summed E-state index contributed by atoms with van der Waals surface area (Å²) in [6, 6.07) is 15.3. The maximum Gasteiger partial charge on any atom is 0.389 e. The number of hydrogen-bond donors (Lipinski definition) is 2. The zero-order valence-electron chi connectivity index (χ0n) is 24.9. The molecule has 2 aromatic heterocycles. The number of unbranched alkanes of at least 4 members (excludes halogenated alkanes) is 1. The molecule has 2 aromatic carbocycles. The minimum absolute atomic E-state index is 0.0411. The van der Waals surface area contributed by atoms with Gasteiger partial charge < -0.3 is 19.8 Å². The maximum absolute atomic E-state index is 13.3. The number of halogens is 3. The first kappa shape index (κ1) is 31.6. The number of benzene rings is 2. The van der Waals surface area contributed by atoms with E-state index in [1.807, 2.05) is 20.8 Å². The molecule has 0 saturated heterocycles. The van der Waals surface area contributed by atoms with E-state index in [9.17, 15) is 22.8 Å². The number of ether oxygens (including phenoxy) is 1. The quantitative estimate of drug-likeness (QED) is 0.183. The van der Waals surface area contributed by atoms with Crippen molar-refractivity contribution in [3.63, 3.8) is 0 Å². The van der Waals surface area contributed by atoms with Crippen LogP contribution >= 0.6 is 0 Å². The molecule has 0 bridgehead atoms. The highest BCUT2D eigenvalue weighted by molar-refractivity contribution is 6.11. The number of nitrogens with zero attached hydrogens (tertiary/aromatic N) is 1. The largest absolute Gasteiger partial charge is 0.494 e. The second-order valence-electron chi connectivity index (χ2n) is 11.3. The normalized spacial score (nSPS) is 11.9. The summed E-state index contributed by atoms with van der Waals surface area (Å²) in [5, 5.41) is 5.86. The van der Waals surface area contributed by atoms with Crippen LogP contribution in [0.5, 0.6) is 5.75 Å². The number of carbonyl (C=O) groups excluding carboxylic acids is 2. The Balaban J connectivity index is 1.86. The van der Waals surface area contributed by atoms with Crippen LogP contribution in [0.1, 0.15) is 73.4 Å². The van der Waals surface area contributed by atoms with E-state index < -0.39 is 30.5 Å². The molecular weight excluding hydrogens is 559 g/mol. The fourth-order valence-electron chi connectivity index (χ4n) is 4.59. The van der Waals surface area contributed by atoms with Gasteiger partial charge in [-0.1, -0.05) is 25.5 Å². The number of pyridine rings is 1. The average Bonchev–Trinajstić information content (AvgIpc) is 3.33. The highest BCUT2D eigenvalue weighted by Crippen LogP contribution is 2.38. The van der Waals surface area contributed by atoms with Crippen LogP contribution in [0.15, 0.2) is 59.0 Å². The van der Waals surface area contributed by atoms with Crippen LogP contribution in [0.25, 0.3) is 33.6 Å². The van der Waals surface area contributed by atoms with Gasteiger partial charge in [0.05, 0.1) is 23.3 Å². The van der Waals surface area contributed by atoms with Gasteiger partial charge in [0.25, 0.3) is 11.8 Å². The minimum Gasteiger partial charge on any atom is -0.494 e. The Kier molecular flexibility index (Phi) is 9.47. The third-order valence-corrected chi connectivity index (χ3v) is 6.67. The topological polar surface area (TPSA) is 93.5 Å². The lowest BCUT2D eigenvalue weighted by atomic mass is 9.96. The van der Waals surface area contributed by atoms with Crippen molar-refractivity contribution in [1.82, 2.24) is 15.6 Å². The van der Waals surface area contributed by atoms with Gasteiger partial charge in [-0.15, -0.1) is 0 Å². The van der Waals surface area contributed by atoms with Crippen molar-refractivity contribution in [2.75, 3.05) is 13.7 Å². The molecule has 228 valence electrons. The number of rotatable bonds is 10. The maximum atomic E-state index is 13.3. The Labute approximate surface area is 248 Å². The number of furan rings is 1. The summed E-state index contributed by atoms with van der Waals surface area (Å²) in [7, 11) is 1.49. The zero-order valence-corrected chi connectivity index (χ0v) is 24.9. The molecule has 7 nitrogen and oxygen atoms in total. The molecule has 0 atom stereocenters. The molecule has 0 unspecified atom stereocenters. The number of aryl methyl sites for hydroxylation is 1. The molecule has 43 heavy (non-hydrogen) atoms. The van der Waals surface area contributed by atoms with E-state index in [0.29, 0.717) is 40.0 Å². The van der Waals surface area contributed by atoms with Crippen molar-refractivity contribution in [2.24, 2.45) is 0 Å². The molecule has 0 fully saturated rings. The van der Waals surface area contributed by atoms with Crippen LogP contribution < -0.4 is 15.4 Å². The first-order chi connectivity index (χ1) is 20.3. The number of alkyl halides is 3. The molecule has 0 saturated carbocycles. The summed E-state index contributed by atoms with van der Waals surface area (Å²) in [5.41, 5.74) is 1.69. The summed E-state index contributed by atoms with van der Waals surface area (Å²) in [6.07, 6.45) is -4.01. The molecule has 0 aliphatic heterocycles. The summed E-state index contributed by atoms with van der Waals surface area (Å²) in [6.45, 7) is 8.21. The van der Waals surface area contributed by atoms with Crippen LogP contribution in [-0.4, -0.2) is 42.2 Å². The fourth-order valence-corrected chi connectivity index (χ4v) is 4.59. The summed E-state index contributed by atoms with van der Waals surface area (Å²) >= 11 is 0. The Morgan fingerprint density at radius 2 is 1.70 bits per heavy atom. The van der Waals surface area contributed by atoms with Gasteiger partial charge in [-0.2, -0.15) is 13.2 Å². The lowest BCUT2D eigenvalue weighted by molar-refractivity contribution is -0.134. The van der Waals surface area contributed by atoms with Crippen LogP contribution in [0.2, 0.25) is 0 Å². The predicted molar refractivity (Wildman–Crippen MR) is 160 cm³/mol. The van der Waals surface area contributed by atoms with Crippen molar-refractivity contribution in [1.29, 1.82) is 0 Å². The first-order valence-electron chi connectivity index (χ1n) is 14.2. The predicted octanol–water partition coefficient (Wildman–Crippen LogP) is 7.72. The lowest BCUT2D eigenvalue weighted by Crippen LogP contribution is -2.40. The van der Waals surface area contributed by atoms with Crippen molar-refractivity contribution in [2.45, 2.75) is 65.1 Å². The molecule has 0 spiro atoms. The molecule has 0 radical (unpaired) electrons. The minimum atomic E-state index is -4.41. The summed E-state index contributed by atoms with van der Waals surface area (Å²) in [4.78, 5) is 30.6. The van der Waals surface area contributed by atoms with Crippen LogP contribution in [0.3, 0.4) is 0 Å². The molecule has 2 heterocycles. The number of amides is 2. The molecular formula is C33H36F3N3O4. The Bertz CT molecular complexity index is 1600. The molecule has 0 aliphatic rings. The van der Waals surface area contributed by atoms with Gasteiger partial charge in [-0.05, 0) is 81.6 Å². The second-order valence-corrected chi connectivity index (χ2v) is 11.3. The Morgan fingerprint density at radius 1 is 0.977 bits per heavy atom. The molecule has 4 rings (SSSR count). The van der Waals surface area contributed by atoms with E-state index >= 15 is 0 Å². The number of nitrogens with one attached hydrogen (secondary N) is 2. The van der Waals surface area contributed by atoms with Crippen LogP contribution in [0, 0.1) is 0 Å². The average molecular weight is 596 g/mol. The van der Waals surface area contributed by atoms with Gasteiger partial charge in [0, 0.05) is 35.7 Å². The molecule has 0 aliphatic carbocycles. The van der Waals surface area contributed by atoms with Crippen LogP contribution in [0.4, 0.5) is 13.2 Å². The van der Waals surface area contributed by atoms with Gasteiger partial charge in [0.15, 0.2) is 0 Å². The zero-order chi connectivity index (χ0) is 31.4. The fraction of sp³-hybridized carbons (Fsp3) is 0.364. The van der Waals surface area contributed by atoms with Gasteiger partial charge in [-0.25, -0.2) is 4.98 Å². The molecule has 4 aromatic rings.